The van der Waals surface area contributed by atoms with Crippen molar-refractivity contribution in [3.05, 3.63) is 0 Å². The van der Waals surface area contributed by atoms with Crippen LogP contribution in [0, 0.1) is 5.92 Å². The number of aliphatic hydroxyl groups is 5. The van der Waals surface area contributed by atoms with Crippen LogP contribution in [0.3, 0.4) is 0 Å². The monoisotopic (exact) mass is 266 g/mol. The van der Waals surface area contributed by atoms with E-state index in [0.717, 1.165) is 0 Å². The topological polar surface area (TPSA) is 148 Å². The largest absolute Gasteiger partial charge is 0.477 e. The van der Waals surface area contributed by atoms with Crippen molar-refractivity contribution in [1.82, 2.24) is 0 Å². The molecule has 18 heavy (non-hydrogen) atoms. The first-order valence-corrected chi connectivity index (χ1v) is 5.51. The third kappa shape index (κ3) is 2.79. The third-order valence-corrected chi connectivity index (χ3v) is 3.19. The minimum absolute atomic E-state index is 0.540. The summed E-state index contributed by atoms with van der Waals surface area (Å²) in [4.78, 5) is 10.9. The van der Waals surface area contributed by atoms with E-state index >= 15 is 0 Å². The highest BCUT2D eigenvalue weighted by Crippen LogP contribution is 2.33. The zero-order chi connectivity index (χ0) is 14.1. The summed E-state index contributed by atoms with van der Waals surface area (Å²) < 4.78 is 4.88. The smallest absolute Gasteiger partial charge is 0.364 e. The van der Waals surface area contributed by atoms with Crippen LogP contribution in [0.1, 0.15) is 13.3 Å². The molecule has 0 bridgehead atoms. The fourth-order valence-corrected chi connectivity index (χ4v) is 1.91. The van der Waals surface area contributed by atoms with Gasteiger partial charge in [-0.15, -0.1) is 0 Å². The Labute approximate surface area is 103 Å². The third-order valence-electron chi connectivity index (χ3n) is 3.19. The summed E-state index contributed by atoms with van der Waals surface area (Å²) in [5.74, 6) is -5.02. The van der Waals surface area contributed by atoms with Gasteiger partial charge >= 0.3 is 5.97 Å². The number of carboxylic acid groups (broad SMARTS) is 1. The molecule has 0 aromatic carbocycles. The van der Waals surface area contributed by atoms with Gasteiger partial charge in [-0.1, -0.05) is 6.92 Å². The number of carbonyl (C=O) groups is 1. The number of hydrogen-bond acceptors (Lipinski definition) is 7. The normalized spacial score (nSPS) is 40.2. The van der Waals surface area contributed by atoms with Crippen molar-refractivity contribution < 1.29 is 40.2 Å². The second-order valence-electron chi connectivity index (χ2n) is 4.54. The van der Waals surface area contributed by atoms with Crippen LogP contribution in [0.5, 0.6) is 0 Å². The van der Waals surface area contributed by atoms with Gasteiger partial charge in [-0.05, 0) is 0 Å². The maximum Gasteiger partial charge on any atom is 0.364 e. The highest BCUT2D eigenvalue weighted by atomic mass is 16.7. The van der Waals surface area contributed by atoms with E-state index < -0.39 is 55.1 Å². The summed E-state index contributed by atoms with van der Waals surface area (Å²) in [6, 6.07) is 0. The molecule has 0 saturated carbocycles. The lowest BCUT2D eigenvalue weighted by Gasteiger charge is -2.43. The lowest BCUT2D eigenvalue weighted by atomic mass is 9.85. The molecule has 1 rings (SSSR count). The molecule has 6 atom stereocenters. The molecule has 1 unspecified atom stereocenters. The van der Waals surface area contributed by atoms with Crippen LogP contribution in [0.2, 0.25) is 0 Å². The fourth-order valence-electron chi connectivity index (χ4n) is 1.91. The molecule has 1 fully saturated rings. The van der Waals surface area contributed by atoms with Crippen molar-refractivity contribution in [2.45, 2.75) is 43.5 Å². The number of hydrogen-bond donors (Lipinski definition) is 6. The van der Waals surface area contributed by atoms with E-state index in [-0.39, 0.29) is 0 Å². The maximum atomic E-state index is 10.9. The minimum Gasteiger partial charge on any atom is -0.477 e. The van der Waals surface area contributed by atoms with E-state index in [4.69, 9.17) is 14.9 Å². The summed E-state index contributed by atoms with van der Waals surface area (Å²) in [6.45, 7) is 0.722. The van der Waals surface area contributed by atoms with E-state index in [0.29, 0.717) is 0 Å². The second-order valence-corrected chi connectivity index (χ2v) is 4.54. The molecule has 1 aliphatic heterocycles. The Bertz CT molecular complexity index is 308. The number of aliphatic carboxylic acids is 1. The molecule has 0 aromatic rings. The highest BCUT2D eigenvalue weighted by molar-refractivity contribution is 5.75. The van der Waals surface area contributed by atoms with E-state index in [9.17, 15) is 25.2 Å². The van der Waals surface area contributed by atoms with Crippen molar-refractivity contribution in [2.24, 2.45) is 5.92 Å². The predicted molar refractivity (Wildman–Crippen MR) is 56.3 cm³/mol. The number of aliphatic hydroxyl groups excluding tert-OH is 4. The van der Waals surface area contributed by atoms with Gasteiger partial charge in [0.15, 0.2) is 0 Å². The minimum atomic E-state index is -2.62. The molecule has 0 radical (unpaired) electrons. The van der Waals surface area contributed by atoms with Gasteiger partial charge < -0.3 is 35.4 Å². The number of carboxylic acids is 1. The van der Waals surface area contributed by atoms with Gasteiger partial charge in [-0.3, -0.25) is 0 Å². The average molecular weight is 266 g/mol. The molecule has 106 valence electrons. The van der Waals surface area contributed by atoms with Crippen molar-refractivity contribution in [2.75, 3.05) is 6.61 Å². The van der Waals surface area contributed by atoms with E-state index in [1.54, 1.807) is 0 Å². The SMILES string of the molecule is C[C@H]1C([C@@H](O)[C@H](O)CO)O[C@](O)(C(=O)O)C[C@H]1O. The molecule has 1 aliphatic rings. The van der Waals surface area contributed by atoms with E-state index in [1.165, 1.54) is 6.92 Å². The quantitative estimate of drug-likeness (QED) is 0.321. The Morgan fingerprint density at radius 1 is 1.50 bits per heavy atom. The Morgan fingerprint density at radius 2 is 2.06 bits per heavy atom. The zero-order valence-corrected chi connectivity index (χ0v) is 9.80. The summed E-state index contributed by atoms with van der Waals surface area (Å²) in [7, 11) is 0. The van der Waals surface area contributed by atoms with Gasteiger partial charge in [-0.2, -0.15) is 0 Å². The van der Waals surface area contributed by atoms with Crippen LogP contribution in [0.15, 0.2) is 0 Å². The van der Waals surface area contributed by atoms with Gasteiger partial charge in [0, 0.05) is 12.3 Å². The molecule has 6 N–H and O–H groups in total. The summed E-state index contributed by atoms with van der Waals surface area (Å²) >= 11 is 0. The van der Waals surface area contributed by atoms with Crippen molar-refractivity contribution >= 4 is 5.97 Å². The van der Waals surface area contributed by atoms with Gasteiger partial charge in [0.2, 0.25) is 0 Å². The van der Waals surface area contributed by atoms with Crippen molar-refractivity contribution in [1.29, 1.82) is 0 Å². The van der Waals surface area contributed by atoms with Gasteiger partial charge in [0.25, 0.3) is 5.79 Å². The van der Waals surface area contributed by atoms with Crippen LogP contribution < -0.4 is 0 Å². The molecule has 0 amide bonds. The Kier molecular flexibility index (Phi) is 4.65. The summed E-state index contributed by atoms with van der Waals surface area (Å²) in [6.07, 6.45) is -6.24. The molecule has 0 aliphatic carbocycles. The van der Waals surface area contributed by atoms with Crippen LogP contribution in [-0.2, 0) is 9.53 Å². The standard InChI is InChI=1S/C10H18O8/c1-4-5(12)2-10(17,9(15)16)18-8(4)7(14)6(13)3-11/h4-8,11-14,17H,2-3H2,1H3,(H,15,16)/t4-,5-,6-,7+,8?,10+/m1/s1. The van der Waals surface area contributed by atoms with Gasteiger partial charge in [0.05, 0.1) is 18.8 Å². The molecular formula is C10H18O8. The van der Waals surface area contributed by atoms with Crippen LogP contribution in [0.25, 0.3) is 0 Å². The lowest BCUT2D eigenvalue weighted by molar-refractivity contribution is -0.302. The average Bonchev–Trinajstić information content (AvgIpc) is 2.31. The Morgan fingerprint density at radius 3 is 2.50 bits per heavy atom. The molecule has 8 heteroatoms. The summed E-state index contributed by atoms with van der Waals surface area (Å²) in [5, 5.41) is 55.9. The van der Waals surface area contributed by atoms with Crippen molar-refractivity contribution in [3.8, 4) is 0 Å². The van der Waals surface area contributed by atoms with Crippen LogP contribution in [0.4, 0.5) is 0 Å². The molecular weight excluding hydrogens is 248 g/mol. The predicted octanol–water partition coefficient (Wildman–Crippen LogP) is -2.74. The van der Waals surface area contributed by atoms with E-state index in [1.807, 2.05) is 0 Å². The lowest BCUT2D eigenvalue weighted by Crippen LogP contribution is -2.60. The molecule has 0 aromatic heterocycles. The number of rotatable bonds is 4. The van der Waals surface area contributed by atoms with Gasteiger partial charge in [-0.25, -0.2) is 4.79 Å². The first kappa shape index (κ1) is 15.3. The summed E-state index contributed by atoms with van der Waals surface area (Å²) in [5.41, 5.74) is 0. The second kappa shape index (κ2) is 5.47. The molecule has 8 nitrogen and oxygen atoms in total. The molecule has 1 saturated heterocycles. The van der Waals surface area contributed by atoms with Gasteiger partial charge in [0.1, 0.15) is 12.2 Å². The Balaban J connectivity index is 2.92. The van der Waals surface area contributed by atoms with E-state index in [2.05, 4.69) is 0 Å². The van der Waals surface area contributed by atoms with Crippen LogP contribution >= 0.6 is 0 Å². The fraction of sp³-hybridized carbons (Fsp3) is 0.900. The molecule has 1 heterocycles. The first-order chi connectivity index (χ1) is 8.23. The molecule has 0 spiro atoms. The maximum absolute atomic E-state index is 10.9. The zero-order valence-electron chi connectivity index (χ0n) is 9.80. The highest BCUT2D eigenvalue weighted by Gasteiger charge is 2.51. The Hall–Kier alpha value is -0.770. The first-order valence-electron chi connectivity index (χ1n) is 5.51. The van der Waals surface area contributed by atoms with Crippen molar-refractivity contribution in [3.63, 3.8) is 0 Å². The van der Waals surface area contributed by atoms with Crippen LogP contribution in [-0.4, -0.2) is 73.4 Å². The number of ether oxygens (including phenoxy) is 1.